The number of benzene rings is 1. The van der Waals surface area contributed by atoms with Crippen molar-refractivity contribution < 1.29 is 9.47 Å². The quantitative estimate of drug-likeness (QED) is 0.828. The third kappa shape index (κ3) is 1.69. The van der Waals surface area contributed by atoms with E-state index in [2.05, 4.69) is 38.1 Å². The molecule has 1 heterocycles. The molecule has 0 saturated carbocycles. The van der Waals surface area contributed by atoms with E-state index in [1.165, 1.54) is 11.1 Å². The van der Waals surface area contributed by atoms with Gasteiger partial charge in [-0.25, -0.2) is 0 Å². The maximum atomic E-state index is 6.11. The number of ether oxygens (including phenoxy) is 2. The first-order valence-corrected chi connectivity index (χ1v) is 6.69. The van der Waals surface area contributed by atoms with Gasteiger partial charge in [0.15, 0.2) is 5.79 Å². The molecule has 3 nitrogen and oxygen atoms in total. The van der Waals surface area contributed by atoms with Crippen molar-refractivity contribution in [3.8, 4) is 0 Å². The number of nitrogens with two attached hydrogens (primary N) is 1. The molecule has 3 heteroatoms. The van der Waals surface area contributed by atoms with Gasteiger partial charge in [0.2, 0.25) is 0 Å². The smallest absolute Gasteiger partial charge is 0.195 e. The zero-order valence-electron chi connectivity index (χ0n) is 11.1. The van der Waals surface area contributed by atoms with Crippen LogP contribution in [-0.4, -0.2) is 19.3 Å². The molecular formula is C15H21NO2. The highest BCUT2D eigenvalue weighted by Crippen LogP contribution is 2.49. The molecule has 2 atom stereocenters. The summed E-state index contributed by atoms with van der Waals surface area (Å²) in [4.78, 5) is 0. The lowest BCUT2D eigenvalue weighted by Gasteiger charge is -2.42. The standard InChI is InChI=1S/C15H21NO2/c1-14(2)7-8-15(17-10-11(9-16)18-15)13-6-4-3-5-12(13)14/h3-6,11H,7-10,16H2,1-2H3. The zero-order valence-corrected chi connectivity index (χ0v) is 11.1. The molecule has 98 valence electrons. The summed E-state index contributed by atoms with van der Waals surface area (Å²) in [5.74, 6) is -0.545. The van der Waals surface area contributed by atoms with E-state index in [4.69, 9.17) is 15.2 Å². The Balaban J connectivity index is 2.05. The Morgan fingerprint density at radius 3 is 2.61 bits per heavy atom. The number of hydrogen-bond acceptors (Lipinski definition) is 3. The first-order valence-electron chi connectivity index (χ1n) is 6.69. The fourth-order valence-corrected chi connectivity index (χ4v) is 3.11. The molecule has 1 aliphatic heterocycles. The summed E-state index contributed by atoms with van der Waals surface area (Å²) in [6.45, 7) is 5.70. The van der Waals surface area contributed by atoms with E-state index in [9.17, 15) is 0 Å². The molecule has 1 saturated heterocycles. The van der Waals surface area contributed by atoms with Crippen LogP contribution in [0.1, 0.15) is 37.8 Å². The molecule has 3 rings (SSSR count). The number of hydrogen-bond donors (Lipinski definition) is 1. The molecule has 2 N–H and O–H groups in total. The molecule has 0 bridgehead atoms. The van der Waals surface area contributed by atoms with Crippen LogP contribution in [0.3, 0.4) is 0 Å². The van der Waals surface area contributed by atoms with Gasteiger partial charge in [-0.2, -0.15) is 0 Å². The summed E-state index contributed by atoms with van der Waals surface area (Å²) in [6.07, 6.45) is 2.01. The number of rotatable bonds is 1. The molecule has 0 radical (unpaired) electrons. The van der Waals surface area contributed by atoms with Gasteiger partial charge in [-0.1, -0.05) is 38.1 Å². The van der Waals surface area contributed by atoms with Crippen LogP contribution in [-0.2, 0) is 20.7 Å². The summed E-state index contributed by atoms with van der Waals surface area (Å²) in [5, 5.41) is 0. The van der Waals surface area contributed by atoms with E-state index < -0.39 is 5.79 Å². The molecule has 0 amide bonds. The SMILES string of the molecule is CC1(C)CCC2(OCC(CN)O2)c2ccccc21. The Morgan fingerprint density at radius 2 is 1.94 bits per heavy atom. The molecule has 18 heavy (non-hydrogen) atoms. The predicted octanol–water partition coefficient (Wildman–Crippen LogP) is 2.28. The van der Waals surface area contributed by atoms with E-state index in [1.54, 1.807) is 0 Å². The highest BCUT2D eigenvalue weighted by atomic mass is 16.7. The topological polar surface area (TPSA) is 44.5 Å². The Hall–Kier alpha value is -0.900. The molecule has 0 aromatic heterocycles. The van der Waals surface area contributed by atoms with Gasteiger partial charge in [0, 0.05) is 18.5 Å². The third-order valence-electron chi connectivity index (χ3n) is 4.27. The van der Waals surface area contributed by atoms with Gasteiger partial charge in [0.05, 0.1) is 12.7 Å². The van der Waals surface area contributed by atoms with Gasteiger partial charge >= 0.3 is 0 Å². The molecule has 2 unspecified atom stereocenters. The largest absolute Gasteiger partial charge is 0.343 e. The van der Waals surface area contributed by atoms with E-state index in [-0.39, 0.29) is 11.5 Å². The fourth-order valence-electron chi connectivity index (χ4n) is 3.11. The van der Waals surface area contributed by atoms with Crippen LogP contribution in [0.15, 0.2) is 24.3 Å². The van der Waals surface area contributed by atoms with Crippen LogP contribution in [0.25, 0.3) is 0 Å². The highest BCUT2D eigenvalue weighted by molar-refractivity contribution is 5.39. The van der Waals surface area contributed by atoms with E-state index in [0.29, 0.717) is 13.2 Å². The van der Waals surface area contributed by atoms with Gasteiger partial charge in [-0.3, -0.25) is 0 Å². The molecule has 2 aliphatic rings. The summed E-state index contributed by atoms with van der Waals surface area (Å²) in [5.41, 5.74) is 8.42. The average Bonchev–Trinajstić information content (AvgIpc) is 2.80. The molecule has 1 aromatic carbocycles. The summed E-state index contributed by atoms with van der Waals surface area (Å²) in [7, 11) is 0. The van der Waals surface area contributed by atoms with Crippen molar-refractivity contribution in [1.82, 2.24) is 0 Å². The minimum atomic E-state index is -0.545. The lowest BCUT2D eigenvalue weighted by Crippen LogP contribution is -2.39. The van der Waals surface area contributed by atoms with Crippen LogP contribution in [0, 0.1) is 0 Å². The fraction of sp³-hybridized carbons (Fsp3) is 0.600. The Kier molecular flexibility index (Phi) is 2.73. The van der Waals surface area contributed by atoms with Gasteiger partial charge in [-0.15, -0.1) is 0 Å². The first-order chi connectivity index (χ1) is 8.57. The number of fused-ring (bicyclic) bond motifs is 2. The minimum absolute atomic E-state index is 0.0271. The average molecular weight is 247 g/mol. The van der Waals surface area contributed by atoms with E-state index in [0.717, 1.165) is 12.8 Å². The first kappa shape index (κ1) is 12.2. The van der Waals surface area contributed by atoms with Crippen molar-refractivity contribution in [2.24, 2.45) is 5.73 Å². The normalized spacial score (nSPS) is 33.6. The predicted molar refractivity (Wildman–Crippen MR) is 70.3 cm³/mol. The molecule has 1 spiro atoms. The Morgan fingerprint density at radius 1 is 1.22 bits per heavy atom. The second-order valence-corrected chi connectivity index (χ2v) is 5.97. The van der Waals surface area contributed by atoms with Gasteiger partial charge in [-0.05, 0) is 17.4 Å². The van der Waals surface area contributed by atoms with Crippen LogP contribution >= 0.6 is 0 Å². The van der Waals surface area contributed by atoms with E-state index >= 15 is 0 Å². The summed E-state index contributed by atoms with van der Waals surface area (Å²) >= 11 is 0. The second-order valence-electron chi connectivity index (χ2n) is 5.97. The van der Waals surface area contributed by atoms with E-state index in [1.807, 2.05) is 0 Å². The molecule has 1 fully saturated rings. The lowest BCUT2D eigenvalue weighted by atomic mass is 9.70. The van der Waals surface area contributed by atoms with Crippen molar-refractivity contribution in [2.75, 3.05) is 13.2 Å². The van der Waals surface area contributed by atoms with Crippen LogP contribution in [0.5, 0.6) is 0 Å². The lowest BCUT2D eigenvalue weighted by molar-refractivity contribution is -0.189. The summed E-state index contributed by atoms with van der Waals surface area (Å²) in [6, 6.07) is 8.48. The maximum Gasteiger partial charge on any atom is 0.195 e. The van der Waals surface area contributed by atoms with Crippen LogP contribution in [0.4, 0.5) is 0 Å². The highest BCUT2D eigenvalue weighted by Gasteiger charge is 2.49. The van der Waals surface area contributed by atoms with Gasteiger partial charge in [0.25, 0.3) is 0 Å². The molecule has 1 aromatic rings. The van der Waals surface area contributed by atoms with Crippen molar-refractivity contribution >= 4 is 0 Å². The monoisotopic (exact) mass is 247 g/mol. The van der Waals surface area contributed by atoms with Crippen molar-refractivity contribution in [3.05, 3.63) is 35.4 Å². The second kappa shape index (κ2) is 4.05. The van der Waals surface area contributed by atoms with Crippen molar-refractivity contribution in [2.45, 2.75) is 44.0 Å². The van der Waals surface area contributed by atoms with Gasteiger partial charge in [0.1, 0.15) is 0 Å². The van der Waals surface area contributed by atoms with Crippen LogP contribution in [0.2, 0.25) is 0 Å². The minimum Gasteiger partial charge on any atom is -0.343 e. The Labute approximate surface area is 108 Å². The molecular weight excluding hydrogens is 226 g/mol. The van der Waals surface area contributed by atoms with Gasteiger partial charge < -0.3 is 15.2 Å². The third-order valence-corrected chi connectivity index (χ3v) is 4.27. The van der Waals surface area contributed by atoms with Crippen LogP contribution < -0.4 is 5.73 Å². The molecule has 1 aliphatic carbocycles. The van der Waals surface area contributed by atoms with Crippen molar-refractivity contribution in [1.29, 1.82) is 0 Å². The summed E-state index contributed by atoms with van der Waals surface area (Å²) < 4.78 is 12.1. The van der Waals surface area contributed by atoms with Crippen molar-refractivity contribution in [3.63, 3.8) is 0 Å². The zero-order chi connectivity index (χ0) is 12.8. The maximum absolute atomic E-state index is 6.11. The Bertz CT molecular complexity index is 458.